The highest BCUT2D eigenvalue weighted by atomic mass is 19.1. The second-order valence-corrected chi connectivity index (χ2v) is 3.15. The van der Waals surface area contributed by atoms with E-state index >= 15 is 0 Å². The Balaban J connectivity index is 2.77. The van der Waals surface area contributed by atoms with E-state index in [-0.39, 0.29) is 11.6 Å². The van der Waals surface area contributed by atoms with Crippen molar-refractivity contribution in [2.24, 2.45) is 0 Å². The lowest BCUT2D eigenvalue weighted by molar-refractivity contribution is 0.344. The standard InChI is InChI=1S/C10H14FNO/c1-3-12(2)7-8-4-9(11)6-10(13)5-8/h4-6,13H,3,7H2,1-2H3. The summed E-state index contributed by atoms with van der Waals surface area (Å²) in [5.41, 5.74) is 0.793. The quantitative estimate of drug-likeness (QED) is 0.774. The van der Waals surface area contributed by atoms with Gasteiger partial charge in [-0.1, -0.05) is 6.92 Å². The van der Waals surface area contributed by atoms with Crippen molar-refractivity contribution in [3.05, 3.63) is 29.6 Å². The van der Waals surface area contributed by atoms with Crippen LogP contribution in [-0.4, -0.2) is 23.6 Å². The van der Waals surface area contributed by atoms with Crippen molar-refractivity contribution in [2.75, 3.05) is 13.6 Å². The topological polar surface area (TPSA) is 23.5 Å². The van der Waals surface area contributed by atoms with E-state index in [4.69, 9.17) is 5.11 Å². The van der Waals surface area contributed by atoms with Gasteiger partial charge in [-0.3, -0.25) is 0 Å². The van der Waals surface area contributed by atoms with Crippen LogP contribution in [0, 0.1) is 5.82 Å². The summed E-state index contributed by atoms with van der Waals surface area (Å²) in [5, 5.41) is 9.12. The van der Waals surface area contributed by atoms with Gasteiger partial charge in [-0.25, -0.2) is 4.39 Å². The molecule has 0 saturated carbocycles. The third-order valence-electron chi connectivity index (χ3n) is 1.93. The summed E-state index contributed by atoms with van der Waals surface area (Å²) in [5.74, 6) is -0.404. The zero-order chi connectivity index (χ0) is 9.84. The summed E-state index contributed by atoms with van der Waals surface area (Å²) in [6.07, 6.45) is 0. The van der Waals surface area contributed by atoms with Gasteiger partial charge in [0.25, 0.3) is 0 Å². The molecule has 72 valence electrons. The number of hydrogen-bond donors (Lipinski definition) is 1. The number of benzene rings is 1. The summed E-state index contributed by atoms with van der Waals surface area (Å²) in [7, 11) is 1.95. The first-order valence-electron chi connectivity index (χ1n) is 4.28. The van der Waals surface area contributed by atoms with Gasteiger partial charge in [-0.05, 0) is 31.3 Å². The van der Waals surface area contributed by atoms with Gasteiger partial charge in [0.2, 0.25) is 0 Å². The molecular formula is C10H14FNO. The Morgan fingerprint density at radius 2 is 2.08 bits per heavy atom. The van der Waals surface area contributed by atoms with Gasteiger partial charge in [-0.15, -0.1) is 0 Å². The van der Waals surface area contributed by atoms with Gasteiger partial charge in [0.05, 0.1) is 0 Å². The molecule has 3 heteroatoms. The van der Waals surface area contributed by atoms with Gasteiger partial charge in [0, 0.05) is 12.6 Å². The van der Waals surface area contributed by atoms with E-state index in [1.165, 1.54) is 6.07 Å². The Morgan fingerprint density at radius 1 is 1.38 bits per heavy atom. The number of nitrogens with zero attached hydrogens (tertiary/aromatic N) is 1. The maximum Gasteiger partial charge on any atom is 0.127 e. The van der Waals surface area contributed by atoms with Gasteiger partial charge in [0.1, 0.15) is 11.6 Å². The highest BCUT2D eigenvalue weighted by Gasteiger charge is 2.01. The minimum atomic E-state index is -0.389. The Morgan fingerprint density at radius 3 is 2.62 bits per heavy atom. The fraction of sp³-hybridized carbons (Fsp3) is 0.400. The van der Waals surface area contributed by atoms with E-state index in [0.717, 1.165) is 18.2 Å². The van der Waals surface area contributed by atoms with Crippen LogP contribution in [0.5, 0.6) is 5.75 Å². The zero-order valence-electron chi connectivity index (χ0n) is 7.92. The van der Waals surface area contributed by atoms with Crippen LogP contribution >= 0.6 is 0 Å². The molecule has 1 rings (SSSR count). The maximum absolute atomic E-state index is 12.8. The molecule has 0 aliphatic carbocycles. The van der Waals surface area contributed by atoms with Gasteiger partial charge in [-0.2, -0.15) is 0 Å². The van der Waals surface area contributed by atoms with E-state index in [2.05, 4.69) is 0 Å². The SMILES string of the molecule is CCN(C)Cc1cc(O)cc(F)c1. The Bertz CT molecular complexity index is 268. The molecule has 2 nitrogen and oxygen atoms in total. The first kappa shape index (κ1) is 9.99. The molecule has 0 atom stereocenters. The van der Waals surface area contributed by atoms with Crippen LogP contribution in [0.25, 0.3) is 0 Å². The van der Waals surface area contributed by atoms with Crippen molar-refractivity contribution in [1.29, 1.82) is 0 Å². The molecular weight excluding hydrogens is 169 g/mol. The summed E-state index contributed by atoms with van der Waals surface area (Å²) < 4.78 is 12.8. The molecule has 1 N–H and O–H groups in total. The highest BCUT2D eigenvalue weighted by molar-refractivity contribution is 5.28. The van der Waals surface area contributed by atoms with E-state index in [1.54, 1.807) is 6.07 Å². The predicted molar refractivity (Wildman–Crippen MR) is 50.1 cm³/mol. The van der Waals surface area contributed by atoms with Crippen molar-refractivity contribution in [2.45, 2.75) is 13.5 Å². The largest absolute Gasteiger partial charge is 0.508 e. The Kier molecular flexibility index (Phi) is 3.25. The second-order valence-electron chi connectivity index (χ2n) is 3.15. The van der Waals surface area contributed by atoms with Crippen molar-refractivity contribution in [3.63, 3.8) is 0 Å². The van der Waals surface area contributed by atoms with Gasteiger partial charge in [0.15, 0.2) is 0 Å². The predicted octanol–water partition coefficient (Wildman–Crippen LogP) is 1.98. The molecule has 0 aliphatic heterocycles. The molecule has 0 amide bonds. The third-order valence-corrected chi connectivity index (χ3v) is 1.93. The molecule has 1 aromatic rings. The molecule has 0 fully saturated rings. The van der Waals surface area contributed by atoms with Crippen molar-refractivity contribution < 1.29 is 9.50 Å². The van der Waals surface area contributed by atoms with Crippen LogP contribution in [0.15, 0.2) is 18.2 Å². The molecule has 0 saturated heterocycles. The summed E-state index contributed by atoms with van der Waals surface area (Å²) in [6.45, 7) is 3.58. The van der Waals surface area contributed by atoms with E-state index < -0.39 is 0 Å². The number of hydrogen-bond acceptors (Lipinski definition) is 2. The molecule has 0 aromatic heterocycles. The number of phenols is 1. The van der Waals surface area contributed by atoms with Crippen molar-refractivity contribution in [3.8, 4) is 5.75 Å². The number of aromatic hydroxyl groups is 1. The second kappa shape index (κ2) is 4.23. The van der Waals surface area contributed by atoms with Crippen LogP contribution in [0.2, 0.25) is 0 Å². The fourth-order valence-corrected chi connectivity index (χ4v) is 1.15. The summed E-state index contributed by atoms with van der Waals surface area (Å²) in [6, 6.07) is 4.12. The van der Waals surface area contributed by atoms with Crippen molar-refractivity contribution >= 4 is 0 Å². The monoisotopic (exact) mass is 183 g/mol. The lowest BCUT2D eigenvalue weighted by Gasteiger charge is -2.13. The van der Waals surface area contributed by atoms with Crippen molar-refractivity contribution in [1.82, 2.24) is 4.90 Å². The van der Waals surface area contributed by atoms with Crippen LogP contribution < -0.4 is 0 Å². The Hall–Kier alpha value is -1.09. The van der Waals surface area contributed by atoms with E-state index in [9.17, 15) is 4.39 Å². The van der Waals surface area contributed by atoms with Crippen LogP contribution in [0.3, 0.4) is 0 Å². The van der Waals surface area contributed by atoms with Crippen LogP contribution in [-0.2, 0) is 6.54 Å². The maximum atomic E-state index is 12.8. The molecule has 13 heavy (non-hydrogen) atoms. The molecule has 0 aliphatic rings. The van der Waals surface area contributed by atoms with Gasteiger partial charge >= 0.3 is 0 Å². The molecule has 0 bridgehead atoms. The molecule has 0 spiro atoms. The highest BCUT2D eigenvalue weighted by Crippen LogP contribution is 2.15. The average Bonchev–Trinajstić information content (AvgIpc) is 2.02. The number of halogens is 1. The molecule has 0 heterocycles. The first-order valence-corrected chi connectivity index (χ1v) is 4.28. The summed E-state index contributed by atoms with van der Waals surface area (Å²) in [4.78, 5) is 2.04. The lowest BCUT2D eigenvalue weighted by Crippen LogP contribution is -2.16. The normalized spacial score (nSPS) is 10.8. The lowest BCUT2D eigenvalue weighted by atomic mass is 10.2. The third kappa shape index (κ3) is 3.03. The van der Waals surface area contributed by atoms with Gasteiger partial charge < -0.3 is 10.0 Å². The number of phenolic OH excluding ortho intramolecular Hbond substituents is 1. The number of rotatable bonds is 3. The fourth-order valence-electron chi connectivity index (χ4n) is 1.15. The van der Waals surface area contributed by atoms with E-state index in [1.807, 2.05) is 18.9 Å². The first-order chi connectivity index (χ1) is 6.11. The minimum Gasteiger partial charge on any atom is -0.508 e. The molecule has 0 radical (unpaired) electrons. The van der Waals surface area contributed by atoms with Crippen LogP contribution in [0.4, 0.5) is 4.39 Å². The smallest absolute Gasteiger partial charge is 0.127 e. The zero-order valence-corrected chi connectivity index (χ0v) is 7.92. The van der Waals surface area contributed by atoms with E-state index in [0.29, 0.717) is 6.54 Å². The van der Waals surface area contributed by atoms with Crippen LogP contribution in [0.1, 0.15) is 12.5 Å². The average molecular weight is 183 g/mol. The molecule has 0 unspecified atom stereocenters. The summed E-state index contributed by atoms with van der Waals surface area (Å²) >= 11 is 0. The minimum absolute atomic E-state index is 0.0143. The molecule has 1 aromatic carbocycles. The Labute approximate surface area is 77.6 Å².